The molecule has 1 aliphatic carbocycles. The maximum Gasteiger partial charge on any atom is 0.249 e. The summed E-state index contributed by atoms with van der Waals surface area (Å²) in [7, 11) is 0. The summed E-state index contributed by atoms with van der Waals surface area (Å²) in [5.74, 6) is -2.63. The molecule has 0 aliphatic heterocycles. The van der Waals surface area contributed by atoms with Gasteiger partial charge in [-0.15, -0.1) is 0 Å². The second kappa shape index (κ2) is 4.37. The zero-order valence-corrected chi connectivity index (χ0v) is 10.2. The summed E-state index contributed by atoms with van der Waals surface area (Å²) in [6.45, 7) is 0.951. The van der Waals surface area contributed by atoms with Crippen LogP contribution in [0.2, 0.25) is 0 Å². The van der Waals surface area contributed by atoms with Crippen molar-refractivity contribution >= 4 is 0 Å². The van der Waals surface area contributed by atoms with E-state index in [-0.39, 0.29) is 12.0 Å². The van der Waals surface area contributed by atoms with Crippen LogP contribution in [-0.2, 0) is 12.8 Å². The number of hydrogen-bond donors (Lipinski definition) is 1. The lowest BCUT2D eigenvalue weighted by Gasteiger charge is -2.11. The van der Waals surface area contributed by atoms with Gasteiger partial charge in [-0.2, -0.15) is 0 Å². The zero-order chi connectivity index (χ0) is 12.5. The predicted molar refractivity (Wildman–Crippen MR) is 65.2 cm³/mol. The van der Waals surface area contributed by atoms with Crippen molar-refractivity contribution in [1.82, 2.24) is 0 Å². The molecule has 0 atom stereocenters. The SMILES string of the molecule is CC(F)(F)Cc1ccc(CCC2(N)CC2)cc1. The van der Waals surface area contributed by atoms with E-state index in [1.54, 1.807) is 12.1 Å². The maximum absolute atomic E-state index is 12.8. The van der Waals surface area contributed by atoms with Crippen LogP contribution in [0.15, 0.2) is 24.3 Å². The van der Waals surface area contributed by atoms with Crippen molar-refractivity contribution in [3.8, 4) is 0 Å². The van der Waals surface area contributed by atoms with Crippen LogP contribution in [0.5, 0.6) is 0 Å². The smallest absolute Gasteiger partial charge is 0.249 e. The third kappa shape index (κ3) is 4.08. The first kappa shape index (κ1) is 12.5. The molecule has 1 aromatic rings. The number of nitrogens with two attached hydrogens (primary N) is 1. The monoisotopic (exact) mass is 239 g/mol. The van der Waals surface area contributed by atoms with Gasteiger partial charge in [0.05, 0.1) is 0 Å². The molecule has 0 aromatic heterocycles. The van der Waals surface area contributed by atoms with E-state index in [1.165, 1.54) is 5.56 Å². The lowest BCUT2D eigenvalue weighted by molar-refractivity contribution is 0.0226. The fraction of sp³-hybridized carbons (Fsp3) is 0.571. The van der Waals surface area contributed by atoms with Gasteiger partial charge in [-0.1, -0.05) is 24.3 Å². The summed E-state index contributed by atoms with van der Waals surface area (Å²) in [5, 5.41) is 0. The van der Waals surface area contributed by atoms with E-state index >= 15 is 0 Å². The van der Waals surface area contributed by atoms with Crippen LogP contribution in [0.1, 0.15) is 37.3 Å². The van der Waals surface area contributed by atoms with E-state index < -0.39 is 5.92 Å². The molecule has 0 unspecified atom stereocenters. The van der Waals surface area contributed by atoms with Gasteiger partial charge < -0.3 is 5.73 Å². The summed E-state index contributed by atoms with van der Waals surface area (Å²) >= 11 is 0. The third-order valence-electron chi connectivity index (χ3n) is 3.34. The molecule has 0 radical (unpaired) electrons. The molecule has 0 bridgehead atoms. The number of benzene rings is 1. The fourth-order valence-corrected chi connectivity index (χ4v) is 1.99. The van der Waals surface area contributed by atoms with Gasteiger partial charge >= 0.3 is 0 Å². The summed E-state index contributed by atoms with van der Waals surface area (Å²) in [4.78, 5) is 0. The second-order valence-electron chi connectivity index (χ2n) is 5.43. The molecule has 17 heavy (non-hydrogen) atoms. The lowest BCUT2D eigenvalue weighted by Crippen LogP contribution is -2.22. The van der Waals surface area contributed by atoms with E-state index in [4.69, 9.17) is 5.73 Å². The molecule has 1 saturated carbocycles. The van der Waals surface area contributed by atoms with Gasteiger partial charge in [0, 0.05) is 12.0 Å². The van der Waals surface area contributed by atoms with Crippen LogP contribution in [-0.4, -0.2) is 11.5 Å². The molecule has 0 saturated heterocycles. The Morgan fingerprint density at radius 2 is 1.71 bits per heavy atom. The molecule has 2 N–H and O–H groups in total. The first-order valence-electron chi connectivity index (χ1n) is 6.11. The quantitative estimate of drug-likeness (QED) is 0.838. The standard InChI is InChI=1S/C14H19F2N/c1-13(15,16)10-12-4-2-11(3-5-12)6-7-14(17)8-9-14/h2-5H,6-10,17H2,1H3. The minimum atomic E-state index is -2.63. The number of alkyl halides is 2. The van der Waals surface area contributed by atoms with E-state index in [0.29, 0.717) is 5.56 Å². The third-order valence-corrected chi connectivity index (χ3v) is 3.34. The van der Waals surface area contributed by atoms with Crippen molar-refractivity contribution in [1.29, 1.82) is 0 Å². The Morgan fingerprint density at radius 3 is 2.18 bits per heavy atom. The van der Waals surface area contributed by atoms with Gasteiger partial charge in [0.2, 0.25) is 5.92 Å². The van der Waals surface area contributed by atoms with Crippen molar-refractivity contribution in [2.24, 2.45) is 5.73 Å². The van der Waals surface area contributed by atoms with E-state index in [1.807, 2.05) is 12.1 Å². The summed E-state index contributed by atoms with van der Waals surface area (Å²) in [6, 6.07) is 7.46. The van der Waals surface area contributed by atoms with E-state index in [9.17, 15) is 8.78 Å². The topological polar surface area (TPSA) is 26.0 Å². The average molecular weight is 239 g/mol. The average Bonchev–Trinajstić information content (AvgIpc) is 2.94. The second-order valence-corrected chi connectivity index (χ2v) is 5.43. The highest BCUT2D eigenvalue weighted by Crippen LogP contribution is 2.36. The molecular formula is C14H19F2N. The van der Waals surface area contributed by atoms with Crippen molar-refractivity contribution in [3.05, 3.63) is 35.4 Å². The van der Waals surface area contributed by atoms with Crippen LogP contribution in [0.4, 0.5) is 8.78 Å². The Kier molecular flexibility index (Phi) is 3.21. The van der Waals surface area contributed by atoms with Crippen molar-refractivity contribution < 1.29 is 8.78 Å². The highest BCUT2D eigenvalue weighted by Gasteiger charge is 2.37. The molecule has 0 spiro atoms. The van der Waals surface area contributed by atoms with Crippen molar-refractivity contribution in [2.75, 3.05) is 0 Å². The largest absolute Gasteiger partial charge is 0.325 e. The Hall–Kier alpha value is -0.960. The summed E-state index contributed by atoms with van der Waals surface area (Å²) < 4.78 is 25.6. The van der Waals surface area contributed by atoms with Crippen LogP contribution >= 0.6 is 0 Å². The molecule has 0 amide bonds. The maximum atomic E-state index is 12.8. The molecule has 3 heteroatoms. The summed E-state index contributed by atoms with van der Waals surface area (Å²) in [6.07, 6.45) is 3.99. The number of rotatable bonds is 5. The van der Waals surface area contributed by atoms with Gasteiger partial charge in [-0.25, -0.2) is 8.78 Å². The number of halogens is 2. The highest BCUT2D eigenvalue weighted by molar-refractivity contribution is 5.24. The minimum Gasteiger partial charge on any atom is -0.325 e. The van der Waals surface area contributed by atoms with Crippen molar-refractivity contribution in [2.45, 2.75) is 50.5 Å². The van der Waals surface area contributed by atoms with Gasteiger partial charge in [-0.3, -0.25) is 0 Å². The molecule has 1 nitrogen and oxygen atoms in total. The van der Waals surface area contributed by atoms with Crippen LogP contribution in [0.25, 0.3) is 0 Å². The first-order chi connectivity index (χ1) is 7.86. The molecule has 1 fully saturated rings. The number of aryl methyl sites for hydroxylation is 1. The van der Waals surface area contributed by atoms with Crippen LogP contribution in [0.3, 0.4) is 0 Å². The van der Waals surface area contributed by atoms with Gasteiger partial charge in [0.1, 0.15) is 0 Å². The van der Waals surface area contributed by atoms with Gasteiger partial charge in [-0.05, 0) is 43.7 Å². The first-order valence-corrected chi connectivity index (χ1v) is 6.11. The van der Waals surface area contributed by atoms with Crippen LogP contribution in [0, 0.1) is 0 Å². The molecule has 94 valence electrons. The summed E-state index contributed by atoms with van der Waals surface area (Å²) in [5.41, 5.74) is 7.95. The number of hydrogen-bond acceptors (Lipinski definition) is 1. The lowest BCUT2D eigenvalue weighted by atomic mass is 10.0. The van der Waals surface area contributed by atoms with Gasteiger partial charge in [0.25, 0.3) is 0 Å². The minimum absolute atomic E-state index is 0.0646. The van der Waals surface area contributed by atoms with Gasteiger partial charge in [0.15, 0.2) is 0 Å². The molecule has 1 aliphatic rings. The fourth-order valence-electron chi connectivity index (χ4n) is 1.99. The molecule has 0 heterocycles. The Bertz CT molecular complexity index is 374. The van der Waals surface area contributed by atoms with Crippen molar-refractivity contribution in [3.63, 3.8) is 0 Å². The Labute approximate surface area is 101 Å². The molecular weight excluding hydrogens is 220 g/mol. The van der Waals surface area contributed by atoms with Crippen LogP contribution < -0.4 is 5.73 Å². The Morgan fingerprint density at radius 1 is 1.18 bits per heavy atom. The predicted octanol–water partition coefficient (Wildman–Crippen LogP) is 3.31. The normalized spacial score (nSPS) is 18.1. The highest BCUT2D eigenvalue weighted by atomic mass is 19.3. The Balaban J connectivity index is 1.89. The molecule has 1 aromatic carbocycles. The zero-order valence-electron chi connectivity index (χ0n) is 10.2. The molecule has 2 rings (SSSR count). The van der Waals surface area contributed by atoms with E-state index in [2.05, 4.69) is 0 Å². The van der Waals surface area contributed by atoms with E-state index in [0.717, 1.165) is 32.6 Å².